The van der Waals surface area contributed by atoms with Gasteiger partial charge in [0.1, 0.15) is 5.76 Å². The van der Waals surface area contributed by atoms with Crippen LogP contribution in [0.3, 0.4) is 0 Å². The van der Waals surface area contributed by atoms with Crippen LogP contribution >= 0.6 is 0 Å². The van der Waals surface area contributed by atoms with Crippen LogP contribution in [0.4, 0.5) is 0 Å². The lowest BCUT2D eigenvalue weighted by Gasteiger charge is -2.37. The van der Waals surface area contributed by atoms with E-state index in [2.05, 4.69) is 0 Å². The van der Waals surface area contributed by atoms with Crippen molar-refractivity contribution in [3.8, 4) is 0 Å². The number of hydrogen-bond acceptors (Lipinski definition) is 3. The van der Waals surface area contributed by atoms with Gasteiger partial charge < -0.3 is 9.15 Å². The standard InChI is InChI=1S/C16H22O3/c1-2-13-5-6-14(19-13)15(17)12-7-10-18-16(11-12)8-3-4-9-16/h5-6,12H,2-4,7-11H2,1H3. The van der Waals surface area contributed by atoms with E-state index in [-0.39, 0.29) is 17.3 Å². The molecule has 0 radical (unpaired) electrons. The maximum absolute atomic E-state index is 12.5. The number of aryl methyl sites for hydroxylation is 1. The number of carbonyl (C=O) groups is 1. The fourth-order valence-electron chi connectivity index (χ4n) is 3.52. The number of ketones is 1. The van der Waals surface area contributed by atoms with Crippen molar-refractivity contribution >= 4 is 5.78 Å². The summed E-state index contributed by atoms with van der Waals surface area (Å²) in [6.45, 7) is 2.76. The van der Waals surface area contributed by atoms with E-state index in [1.54, 1.807) is 0 Å². The Labute approximate surface area is 114 Å². The van der Waals surface area contributed by atoms with E-state index in [1.807, 2.05) is 19.1 Å². The summed E-state index contributed by atoms with van der Waals surface area (Å²) in [4.78, 5) is 12.5. The fraction of sp³-hybridized carbons (Fsp3) is 0.688. The predicted octanol–water partition coefficient (Wildman–Crippen LogP) is 3.76. The summed E-state index contributed by atoms with van der Waals surface area (Å²) in [5, 5.41) is 0. The lowest BCUT2D eigenvalue weighted by molar-refractivity contribution is -0.0868. The van der Waals surface area contributed by atoms with E-state index < -0.39 is 0 Å². The van der Waals surface area contributed by atoms with Crippen LogP contribution in [-0.2, 0) is 11.2 Å². The molecule has 1 aromatic rings. The lowest BCUT2D eigenvalue weighted by Crippen LogP contribution is -2.39. The first-order valence-corrected chi connectivity index (χ1v) is 7.49. The Kier molecular flexibility index (Phi) is 3.48. The summed E-state index contributed by atoms with van der Waals surface area (Å²) >= 11 is 0. The largest absolute Gasteiger partial charge is 0.458 e. The highest BCUT2D eigenvalue weighted by Gasteiger charge is 2.42. The molecule has 0 amide bonds. The Morgan fingerprint density at radius 1 is 1.37 bits per heavy atom. The molecule has 1 saturated heterocycles. The quantitative estimate of drug-likeness (QED) is 0.778. The Morgan fingerprint density at radius 3 is 2.84 bits per heavy atom. The van der Waals surface area contributed by atoms with Crippen molar-refractivity contribution in [3.63, 3.8) is 0 Å². The molecule has 1 unspecified atom stereocenters. The Bertz CT molecular complexity index is 454. The molecule has 3 rings (SSSR count). The van der Waals surface area contributed by atoms with Gasteiger partial charge in [-0.1, -0.05) is 19.8 Å². The number of Topliss-reactive ketones (excluding diaryl/α,β-unsaturated/α-hetero) is 1. The van der Waals surface area contributed by atoms with Crippen LogP contribution in [0.1, 0.15) is 61.8 Å². The predicted molar refractivity (Wildman–Crippen MR) is 72.3 cm³/mol. The highest BCUT2D eigenvalue weighted by molar-refractivity contribution is 5.95. The molecule has 0 aromatic carbocycles. The molecule has 19 heavy (non-hydrogen) atoms. The van der Waals surface area contributed by atoms with Gasteiger partial charge in [-0.2, -0.15) is 0 Å². The van der Waals surface area contributed by atoms with Crippen LogP contribution in [0.2, 0.25) is 0 Å². The van der Waals surface area contributed by atoms with Gasteiger partial charge >= 0.3 is 0 Å². The maximum Gasteiger partial charge on any atom is 0.201 e. The minimum atomic E-state index is -0.00123. The first-order chi connectivity index (χ1) is 9.22. The third-order valence-electron chi connectivity index (χ3n) is 4.63. The zero-order chi connectivity index (χ0) is 13.3. The van der Waals surface area contributed by atoms with Crippen LogP contribution in [0.25, 0.3) is 0 Å². The third kappa shape index (κ3) is 2.48. The second kappa shape index (κ2) is 5.12. The normalized spacial score (nSPS) is 25.8. The smallest absolute Gasteiger partial charge is 0.201 e. The SMILES string of the molecule is CCc1ccc(C(=O)C2CCOC3(CCCC3)C2)o1. The van der Waals surface area contributed by atoms with Gasteiger partial charge in [-0.3, -0.25) is 4.79 Å². The van der Waals surface area contributed by atoms with Crippen LogP contribution < -0.4 is 0 Å². The monoisotopic (exact) mass is 262 g/mol. The number of hydrogen-bond donors (Lipinski definition) is 0. The van der Waals surface area contributed by atoms with Gasteiger partial charge in [-0.05, 0) is 37.8 Å². The fourth-order valence-corrected chi connectivity index (χ4v) is 3.52. The van der Waals surface area contributed by atoms with E-state index in [9.17, 15) is 4.79 Å². The van der Waals surface area contributed by atoms with Crippen LogP contribution in [-0.4, -0.2) is 18.0 Å². The van der Waals surface area contributed by atoms with Gasteiger partial charge in [-0.15, -0.1) is 0 Å². The van der Waals surface area contributed by atoms with Gasteiger partial charge in [0, 0.05) is 18.9 Å². The average Bonchev–Trinajstić information content (AvgIpc) is 3.07. The first-order valence-electron chi connectivity index (χ1n) is 7.49. The molecule has 0 bridgehead atoms. The van der Waals surface area contributed by atoms with Gasteiger partial charge in [0.15, 0.2) is 5.76 Å². The summed E-state index contributed by atoms with van der Waals surface area (Å²) in [6, 6.07) is 3.75. The average molecular weight is 262 g/mol. The molecule has 1 spiro atoms. The summed E-state index contributed by atoms with van der Waals surface area (Å²) in [7, 11) is 0. The van der Waals surface area contributed by atoms with Crippen LogP contribution in [0.5, 0.6) is 0 Å². The van der Waals surface area contributed by atoms with Crippen molar-refractivity contribution in [2.45, 2.75) is 57.5 Å². The lowest BCUT2D eigenvalue weighted by atomic mass is 9.82. The molecule has 0 N–H and O–H groups in total. The number of furan rings is 1. The molecule has 1 saturated carbocycles. The molecule has 1 aliphatic carbocycles. The Hall–Kier alpha value is -1.09. The van der Waals surface area contributed by atoms with Gasteiger partial charge in [0.2, 0.25) is 5.78 Å². The highest BCUT2D eigenvalue weighted by Crippen LogP contribution is 2.42. The first kappa shape index (κ1) is 12.9. The zero-order valence-corrected chi connectivity index (χ0v) is 11.6. The van der Waals surface area contributed by atoms with E-state index in [0.717, 1.165) is 44.5 Å². The van der Waals surface area contributed by atoms with Crippen molar-refractivity contribution in [2.75, 3.05) is 6.61 Å². The van der Waals surface area contributed by atoms with E-state index in [4.69, 9.17) is 9.15 Å². The van der Waals surface area contributed by atoms with E-state index >= 15 is 0 Å². The summed E-state index contributed by atoms with van der Waals surface area (Å²) in [5.41, 5.74) is -0.00123. The molecule has 2 heterocycles. The van der Waals surface area contributed by atoms with Crippen molar-refractivity contribution < 1.29 is 13.9 Å². The second-order valence-corrected chi connectivity index (χ2v) is 5.91. The van der Waals surface area contributed by atoms with E-state index in [1.165, 1.54) is 12.8 Å². The molecule has 3 nitrogen and oxygen atoms in total. The highest BCUT2D eigenvalue weighted by atomic mass is 16.5. The van der Waals surface area contributed by atoms with Crippen LogP contribution in [0.15, 0.2) is 16.5 Å². The molecule has 104 valence electrons. The molecule has 1 atom stereocenters. The van der Waals surface area contributed by atoms with Gasteiger partial charge in [0.25, 0.3) is 0 Å². The Morgan fingerprint density at radius 2 is 2.16 bits per heavy atom. The molecule has 1 aromatic heterocycles. The summed E-state index contributed by atoms with van der Waals surface area (Å²) in [6.07, 6.45) is 7.27. The molecule has 2 aliphatic rings. The summed E-state index contributed by atoms with van der Waals surface area (Å²) in [5.74, 6) is 1.69. The van der Waals surface area contributed by atoms with Crippen molar-refractivity contribution in [2.24, 2.45) is 5.92 Å². The van der Waals surface area contributed by atoms with Crippen molar-refractivity contribution in [1.82, 2.24) is 0 Å². The number of carbonyl (C=O) groups excluding carboxylic acids is 1. The summed E-state index contributed by atoms with van der Waals surface area (Å²) < 4.78 is 11.6. The van der Waals surface area contributed by atoms with Crippen LogP contribution in [0, 0.1) is 5.92 Å². The number of ether oxygens (including phenoxy) is 1. The molecular formula is C16H22O3. The molecule has 3 heteroatoms. The van der Waals surface area contributed by atoms with Gasteiger partial charge in [-0.25, -0.2) is 0 Å². The molecule has 2 fully saturated rings. The van der Waals surface area contributed by atoms with Gasteiger partial charge in [0.05, 0.1) is 5.60 Å². The Balaban J connectivity index is 1.72. The molecular weight excluding hydrogens is 240 g/mol. The van der Waals surface area contributed by atoms with E-state index in [0.29, 0.717) is 5.76 Å². The van der Waals surface area contributed by atoms with Crippen molar-refractivity contribution in [1.29, 1.82) is 0 Å². The minimum Gasteiger partial charge on any atom is -0.458 e. The van der Waals surface area contributed by atoms with Crippen molar-refractivity contribution in [3.05, 3.63) is 23.7 Å². The third-order valence-corrected chi connectivity index (χ3v) is 4.63. The second-order valence-electron chi connectivity index (χ2n) is 5.91. The molecule has 1 aliphatic heterocycles. The number of rotatable bonds is 3. The minimum absolute atomic E-state index is 0.00123. The maximum atomic E-state index is 12.5. The zero-order valence-electron chi connectivity index (χ0n) is 11.6. The topological polar surface area (TPSA) is 39.4 Å².